The molecule has 1 atom stereocenters. The van der Waals surface area contributed by atoms with Crippen LogP contribution in [0.25, 0.3) is 0 Å². The summed E-state index contributed by atoms with van der Waals surface area (Å²) in [6.45, 7) is 3.78. The van der Waals surface area contributed by atoms with Crippen molar-refractivity contribution in [1.29, 1.82) is 0 Å². The van der Waals surface area contributed by atoms with Gasteiger partial charge in [-0.15, -0.1) is 35.7 Å². The lowest BCUT2D eigenvalue weighted by Crippen LogP contribution is -2.46. The van der Waals surface area contributed by atoms with Crippen molar-refractivity contribution in [3.05, 3.63) is 30.3 Å². The van der Waals surface area contributed by atoms with Gasteiger partial charge in [-0.1, -0.05) is 31.0 Å². The molecule has 1 saturated heterocycles. The largest absolute Gasteiger partial charge is 0.381 e. The summed E-state index contributed by atoms with van der Waals surface area (Å²) >= 11 is 2.04. The number of nitrogens with zero attached hydrogens (tertiary/aromatic N) is 2. The second kappa shape index (κ2) is 10.8. The Balaban J connectivity index is 0.00000243. The molecule has 0 spiro atoms. The Morgan fingerprint density at radius 3 is 2.65 bits per heavy atom. The summed E-state index contributed by atoms with van der Waals surface area (Å²) in [5.74, 6) is 1.63. The van der Waals surface area contributed by atoms with Gasteiger partial charge in [0.25, 0.3) is 0 Å². The van der Waals surface area contributed by atoms with E-state index in [9.17, 15) is 0 Å². The number of guanidine groups is 1. The number of nitrogens with one attached hydrogen (secondary N) is 1. The number of aliphatic imine (C=N–C) groups is 1. The summed E-state index contributed by atoms with van der Waals surface area (Å²) in [5.41, 5.74) is 0. The molecule has 1 aromatic rings. The van der Waals surface area contributed by atoms with Crippen LogP contribution < -0.4 is 5.32 Å². The zero-order valence-corrected chi connectivity index (χ0v) is 19.1. The van der Waals surface area contributed by atoms with Crippen LogP contribution in [0, 0.1) is 5.92 Å². The van der Waals surface area contributed by atoms with E-state index >= 15 is 0 Å². The first-order valence-electron chi connectivity index (χ1n) is 9.44. The van der Waals surface area contributed by atoms with Crippen LogP contribution in [0.4, 0.5) is 0 Å². The Hall–Kier alpha value is -0.470. The van der Waals surface area contributed by atoms with Gasteiger partial charge in [-0.3, -0.25) is 4.99 Å². The van der Waals surface area contributed by atoms with Gasteiger partial charge in [0.1, 0.15) is 0 Å². The molecular formula is C20H32IN3OS. The number of thioether (sulfide) groups is 1. The van der Waals surface area contributed by atoms with E-state index in [1.165, 1.54) is 30.6 Å². The van der Waals surface area contributed by atoms with Crippen LogP contribution in [0.2, 0.25) is 0 Å². The highest BCUT2D eigenvalue weighted by Gasteiger charge is 2.35. The molecule has 146 valence electrons. The van der Waals surface area contributed by atoms with Crippen molar-refractivity contribution in [2.75, 3.05) is 40.4 Å². The molecule has 0 bridgehead atoms. The smallest absolute Gasteiger partial charge is 0.193 e. The van der Waals surface area contributed by atoms with Crippen molar-refractivity contribution in [1.82, 2.24) is 10.2 Å². The quantitative estimate of drug-likeness (QED) is 0.368. The molecule has 1 heterocycles. The summed E-state index contributed by atoms with van der Waals surface area (Å²) in [6, 6.07) is 10.8. The molecule has 0 aromatic heterocycles. The zero-order valence-electron chi connectivity index (χ0n) is 15.9. The fourth-order valence-electron chi connectivity index (χ4n) is 3.90. The van der Waals surface area contributed by atoms with E-state index in [1.807, 2.05) is 18.8 Å². The van der Waals surface area contributed by atoms with Gasteiger partial charge in [0.2, 0.25) is 0 Å². The topological polar surface area (TPSA) is 36.9 Å². The molecule has 0 radical (unpaired) electrons. The lowest BCUT2D eigenvalue weighted by atomic mass is 10.1. The van der Waals surface area contributed by atoms with E-state index in [-0.39, 0.29) is 28.7 Å². The zero-order chi connectivity index (χ0) is 17.5. The standard InChI is InChI=1S/C20H31N3OS.HI/c1-21-19(23(2)14-17-10-13-24-15-17)22-16-20(11-6-7-12-20)25-18-8-4-3-5-9-18;/h3-5,8-9,17H,6-7,10-16H2,1-2H3,(H,21,22);1H. The molecule has 1 N–H and O–H groups in total. The Kier molecular flexibility index (Phi) is 9.03. The molecule has 1 aliphatic carbocycles. The fourth-order valence-corrected chi connectivity index (χ4v) is 5.33. The summed E-state index contributed by atoms with van der Waals surface area (Å²) in [5, 5.41) is 3.66. The summed E-state index contributed by atoms with van der Waals surface area (Å²) in [6.07, 6.45) is 6.37. The van der Waals surface area contributed by atoms with Gasteiger partial charge in [-0.25, -0.2) is 0 Å². The lowest BCUT2D eigenvalue weighted by molar-refractivity contribution is 0.181. The Morgan fingerprint density at radius 1 is 1.31 bits per heavy atom. The second-order valence-corrected chi connectivity index (χ2v) is 8.86. The average Bonchev–Trinajstić information content (AvgIpc) is 3.29. The predicted molar refractivity (Wildman–Crippen MR) is 122 cm³/mol. The first-order valence-corrected chi connectivity index (χ1v) is 10.3. The Bertz CT molecular complexity index is 557. The van der Waals surface area contributed by atoms with E-state index in [0.717, 1.165) is 38.7 Å². The second-order valence-electron chi connectivity index (χ2n) is 7.32. The van der Waals surface area contributed by atoms with Crippen LogP contribution in [-0.4, -0.2) is 56.0 Å². The number of hydrogen-bond donors (Lipinski definition) is 1. The first kappa shape index (κ1) is 21.8. The molecule has 4 nitrogen and oxygen atoms in total. The van der Waals surface area contributed by atoms with Gasteiger partial charge in [0.05, 0.1) is 6.61 Å². The van der Waals surface area contributed by atoms with Gasteiger partial charge in [0.15, 0.2) is 5.96 Å². The van der Waals surface area contributed by atoms with Crippen LogP contribution in [0.3, 0.4) is 0 Å². The maximum Gasteiger partial charge on any atom is 0.193 e. The van der Waals surface area contributed by atoms with E-state index < -0.39 is 0 Å². The van der Waals surface area contributed by atoms with E-state index in [2.05, 4.69) is 52.6 Å². The Labute approximate surface area is 179 Å². The van der Waals surface area contributed by atoms with Crippen molar-refractivity contribution in [3.8, 4) is 0 Å². The Morgan fingerprint density at radius 2 is 2.04 bits per heavy atom. The molecule has 2 fully saturated rings. The molecule has 26 heavy (non-hydrogen) atoms. The van der Waals surface area contributed by atoms with Crippen LogP contribution in [0.1, 0.15) is 32.1 Å². The average molecular weight is 489 g/mol. The molecule has 6 heteroatoms. The third-order valence-electron chi connectivity index (χ3n) is 5.29. The van der Waals surface area contributed by atoms with Crippen LogP contribution >= 0.6 is 35.7 Å². The van der Waals surface area contributed by atoms with E-state index in [4.69, 9.17) is 4.74 Å². The maximum atomic E-state index is 5.50. The number of ether oxygens (including phenoxy) is 1. The number of rotatable bonds is 6. The van der Waals surface area contributed by atoms with E-state index in [1.54, 1.807) is 0 Å². The molecule has 1 aliphatic heterocycles. The molecule has 1 aromatic carbocycles. The summed E-state index contributed by atoms with van der Waals surface area (Å²) in [7, 11) is 4.02. The van der Waals surface area contributed by atoms with Crippen LogP contribution in [0.5, 0.6) is 0 Å². The van der Waals surface area contributed by atoms with E-state index in [0.29, 0.717) is 5.92 Å². The highest BCUT2D eigenvalue weighted by Crippen LogP contribution is 2.44. The fraction of sp³-hybridized carbons (Fsp3) is 0.650. The summed E-state index contributed by atoms with van der Waals surface area (Å²) < 4.78 is 5.79. The highest BCUT2D eigenvalue weighted by molar-refractivity contribution is 14.0. The van der Waals surface area contributed by atoms with Crippen molar-refractivity contribution < 1.29 is 4.74 Å². The minimum Gasteiger partial charge on any atom is -0.381 e. The normalized spacial score (nSPS) is 22.1. The van der Waals surface area contributed by atoms with Gasteiger partial charge in [0, 0.05) is 49.4 Å². The molecule has 3 rings (SSSR count). The van der Waals surface area contributed by atoms with Crippen molar-refractivity contribution in [2.24, 2.45) is 10.9 Å². The third-order valence-corrected chi connectivity index (χ3v) is 6.78. The van der Waals surface area contributed by atoms with Gasteiger partial charge in [-0.05, 0) is 31.4 Å². The molecule has 1 unspecified atom stereocenters. The SMILES string of the molecule is CN=C(NCC1(Sc2ccccc2)CCCC1)N(C)CC1CCOC1.I. The monoisotopic (exact) mass is 489 g/mol. The molecule has 1 saturated carbocycles. The van der Waals surface area contributed by atoms with Crippen molar-refractivity contribution in [2.45, 2.75) is 41.7 Å². The molecule has 0 amide bonds. The first-order chi connectivity index (χ1) is 12.2. The van der Waals surface area contributed by atoms with Crippen molar-refractivity contribution >= 4 is 41.7 Å². The molecular weight excluding hydrogens is 457 g/mol. The number of halogens is 1. The van der Waals surface area contributed by atoms with Gasteiger partial charge in [-0.2, -0.15) is 0 Å². The number of hydrogen-bond acceptors (Lipinski definition) is 3. The lowest BCUT2D eigenvalue weighted by Gasteiger charge is -2.32. The van der Waals surface area contributed by atoms with Crippen LogP contribution in [-0.2, 0) is 4.74 Å². The van der Waals surface area contributed by atoms with Gasteiger partial charge < -0.3 is 15.0 Å². The van der Waals surface area contributed by atoms with Crippen LogP contribution in [0.15, 0.2) is 40.2 Å². The maximum absolute atomic E-state index is 5.50. The van der Waals surface area contributed by atoms with Crippen molar-refractivity contribution in [3.63, 3.8) is 0 Å². The highest BCUT2D eigenvalue weighted by atomic mass is 127. The predicted octanol–water partition coefficient (Wildman–Crippen LogP) is 4.25. The number of benzene rings is 1. The third kappa shape index (κ3) is 6.02. The minimum atomic E-state index is 0. The van der Waals surface area contributed by atoms with Gasteiger partial charge >= 0.3 is 0 Å². The molecule has 2 aliphatic rings. The summed E-state index contributed by atoms with van der Waals surface area (Å²) in [4.78, 5) is 8.14. The minimum absolute atomic E-state index is 0.